The Balaban J connectivity index is 1.88. The number of carbonyl (C=O) groups is 1. The highest BCUT2D eigenvalue weighted by molar-refractivity contribution is 5.94. The average molecular weight is 336 g/mol. The lowest BCUT2D eigenvalue weighted by Crippen LogP contribution is -2.39. The van der Waals surface area contributed by atoms with Gasteiger partial charge in [-0.25, -0.2) is 13.8 Å². The van der Waals surface area contributed by atoms with Crippen molar-refractivity contribution < 1.29 is 18.3 Å². The number of methoxy groups -OCH3 is 1. The number of nitrogens with zero attached hydrogens (tertiary/aromatic N) is 3. The average Bonchev–Trinajstić information content (AvgIpc) is 3.05. The number of piperidine rings is 1. The van der Waals surface area contributed by atoms with Crippen LogP contribution in [0.5, 0.6) is 0 Å². The number of aromatic nitrogens is 3. The summed E-state index contributed by atoms with van der Waals surface area (Å²) in [5, 5.41) is 6.91. The Kier molecular flexibility index (Phi) is 4.84. The molecule has 0 spiro atoms. The van der Waals surface area contributed by atoms with Crippen molar-refractivity contribution in [1.82, 2.24) is 20.1 Å². The number of aromatic amines is 1. The van der Waals surface area contributed by atoms with Crippen LogP contribution >= 0.6 is 0 Å². The van der Waals surface area contributed by atoms with Crippen molar-refractivity contribution in [2.75, 3.05) is 13.7 Å². The highest BCUT2D eigenvalue weighted by Gasteiger charge is 2.32. The van der Waals surface area contributed by atoms with Crippen LogP contribution in [0.15, 0.2) is 18.2 Å². The first-order valence-corrected chi connectivity index (χ1v) is 7.76. The summed E-state index contributed by atoms with van der Waals surface area (Å²) in [5.74, 6) is -0.904. The lowest BCUT2D eigenvalue weighted by Gasteiger charge is -2.34. The van der Waals surface area contributed by atoms with Crippen molar-refractivity contribution in [3.8, 4) is 0 Å². The fourth-order valence-corrected chi connectivity index (χ4v) is 2.92. The number of hydrogen-bond acceptors (Lipinski definition) is 4. The first kappa shape index (κ1) is 16.5. The van der Waals surface area contributed by atoms with Gasteiger partial charge < -0.3 is 9.64 Å². The van der Waals surface area contributed by atoms with Crippen molar-refractivity contribution in [3.05, 3.63) is 47.0 Å². The molecular weight excluding hydrogens is 318 g/mol. The zero-order valence-electron chi connectivity index (χ0n) is 13.3. The largest absolute Gasteiger partial charge is 0.377 e. The van der Waals surface area contributed by atoms with Crippen molar-refractivity contribution in [2.24, 2.45) is 0 Å². The summed E-state index contributed by atoms with van der Waals surface area (Å²) in [6, 6.07) is 2.52. The minimum absolute atomic E-state index is 0.269. The van der Waals surface area contributed by atoms with Gasteiger partial charge in [0.15, 0.2) is 11.6 Å². The van der Waals surface area contributed by atoms with Gasteiger partial charge in [-0.2, -0.15) is 5.10 Å². The maximum absolute atomic E-state index is 13.9. The van der Waals surface area contributed by atoms with E-state index in [2.05, 4.69) is 15.2 Å². The van der Waals surface area contributed by atoms with E-state index in [1.54, 1.807) is 7.11 Å². The molecule has 3 rings (SSSR count). The third kappa shape index (κ3) is 3.28. The minimum Gasteiger partial charge on any atom is -0.377 e. The second-order valence-corrected chi connectivity index (χ2v) is 5.71. The molecule has 0 bridgehead atoms. The molecule has 1 atom stereocenters. The summed E-state index contributed by atoms with van der Waals surface area (Å²) in [7, 11) is 1.55. The molecule has 2 aromatic rings. The van der Waals surface area contributed by atoms with E-state index in [4.69, 9.17) is 4.74 Å². The molecule has 0 radical (unpaired) electrons. The maximum atomic E-state index is 13.9. The van der Waals surface area contributed by atoms with Crippen LogP contribution < -0.4 is 0 Å². The van der Waals surface area contributed by atoms with Crippen molar-refractivity contribution in [3.63, 3.8) is 0 Å². The minimum atomic E-state index is -0.735. The quantitative estimate of drug-likeness (QED) is 0.932. The Morgan fingerprint density at radius 1 is 1.42 bits per heavy atom. The summed E-state index contributed by atoms with van der Waals surface area (Å²) >= 11 is 0. The van der Waals surface area contributed by atoms with E-state index in [0.29, 0.717) is 24.6 Å². The molecule has 1 saturated heterocycles. The summed E-state index contributed by atoms with van der Waals surface area (Å²) in [4.78, 5) is 18.6. The van der Waals surface area contributed by atoms with Crippen molar-refractivity contribution in [2.45, 2.75) is 31.9 Å². The Labute approximate surface area is 137 Å². The van der Waals surface area contributed by atoms with Gasteiger partial charge >= 0.3 is 0 Å². The third-order valence-corrected chi connectivity index (χ3v) is 4.05. The summed E-state index contributed by atoms with van der Waals surface area (Å²) in [6.07, 6.45) is 2.38. The van der Waals surface area contributed by atoms with Crippen molar-refractivity contribution in [1.29, 1.82) is 0 Å². The summed E-state index contributed by atoms with van der Waals surface area (Å²) in [5.41, 5.74) is -0.269. The molecule has 128 valence electrons. The lowest BCUT2D eigenvalue weighted by atomic mass is 10.00. The van der Waals surface area contributed by atoms with Crippen LogP contribution in [0.25, 0.3) is 0 Å². The first-order valence-electron chi connectivity index (χ1n) is 7.76. The van der Waals surface area contributed by atoms with Crippen molar-refractivity contribution >= 4 is 5.91 Å². The van der Waals surface area contributed by atoms with E-state index < -0.39 is 17.5 Å². The predicted octanol–water partition coefficient (Wildman–Crippen LogP) is 2.60. The summed E-state index contributed by atoms with van der Waals surface area (Å²) in [6.45, 7) is 0.736. The number of likely N-dealkylation sites (tertiary alicyclic amines) is 1. The standard InChI is InChI=1S/C16H18F2N4O2/c1-24-9-14-19-15(21-20-14)13-4-2-3-7-22(13)16(23)11-8-10(17)5-6-12(11)18/h5-6,8,13H,2-4,7,9H2,1H3,(H,19,20,21)/t13-/m0/s1. The van der Waals surface area contributed by atoms with Gasteiger partial charge in [-0.15, -0.1) is 0 Å². The van der Waals surface area contributed by atoms with Gasteiger partial charge in [-0.1, -0.05) is 0 Å². The van der Waals surface area contributed by atoms with E-state index in [1.807, 2.05) is 0 Å². The molecule has 24 heavy (non-hydrogen) atoms. The molecule has 1 aliphatic rings. The molecule has 0 saturated carbocycles. The van der Waals surface area contributed by atoms with E-state index >= 15 is 0 Å². The first-order chi connectivity index (χ1) is 11.6. The van der Waals surface area contributed by atoms with E-state index in [9.17, 15) is 13.6 Å². The Morgan fingerprint density at radius 2 is 2.25 bits per heavy atom. The molecule has 0 aliphatic carbocycles. The summed E-state index contributed by atoms with van der Waals surface area (Å²) < 4.78 is 32.3. The molecule has 1 amide bonds. The van der Waals surface area contributed by atoms with Gasteiger partial charge in [0.2, 0.25) is 0 Å². The molecule has 1 aromatic carbocycles. The van der Waals surface area contributed by atoms with Crippen LogP contribution in [0.4, 0.5) is 8.78 Å². The Hall–Kier alpha value is -2.35. The topological polar surface area (TPSA) is 71.1 Å². The van der Waals surface area contributed by atoms with Gasteiger partial charge in [0, 0.05) is 13.7 Å². The molecule has 6 nitrogen and oxygen atoms in total. The number of hydrogen-bond donors (Lipinski definition) is 1. The second kappa shape index (κ2) is 7.04. The number of H-pyrrole nitrogens is 1. The third-order valence-electron chi connectivity index (χ3n) is 4.05. The smallest absolute Gasteiger partial charge is 0.257 e. The van der Waals surface area contributed by atoms with Gasteiger partial charge in [0.1, 0.15) is 18.2 Å². The van der Waals surface area contributed by atoms with Crippen LogP contribution in [0, 0.1) is 11.6 Å². The van der Waals surface area contributed by atoms with Crippen LogP contribution in [-0.2, 0) is 11.3 Å². The molecule has 1 aliphatic heterocycles. The fraction of sp³-hybridized carbons (Fsp3) is 0.438. The number of nitrogens with one attached hydrogen (secondary N) is 1. The van der Waals surface area contributed by atoms with Gasteiger partial charge in [0.25, 0.3) is 5.91 Å². The molecule has 8 heteroatoms. The SMILES string of the molecule is COCc1nc([C@@H]2CCCCN2C(=O)c2cc(F)ccc2F)n[nH]1. The normalized spacial score (nSPS) is 18.0. The number of carbonyl (C=O) groups excluding carboxylic acids is 1. The Bertz CT molecular complexity index is 735. The van der Waals surface area contributed by atoms with Gasteiger partial charge in [0.05, 0.1) is 11.6 Å². The van der Waals surface area contributed by atoms with E-state index in [-0.39, 0.29) is 18.2 Å². The number of rotatable bonds is 4. The molecule has 1 N–H and O–H groups in total. The van der Waals surface area contributed by atoms with E-state index in [0.717, 1.165) is 31.0 Å². The number of amides is 1. The molecule has 0 unspecified atom stereocenters. The lowest BCUT2D eigenvalue weighted by molar-refractivity contribution is 0.0594. The zero-order chi connectivity index (χ0) is 17.1. The van der Waals surface area contributed by atoms with E-state index in [1.165, 1.54) is 4.90 Å². The highest BCUT2D eigenvalue weighted by Crippen LogP contribution is 2.30. The van der Waals surface area contributed by atoms with Gasteiger partial charge in [-0.3, -0.25) is 9.89 Å². The van der Waals surface area contributed by atoms with Crippen LogP contribution in [0.1, 0.15) is 47.3 Å². The highest BCUT2D eigenvalue weighted by atomic mass is 19.1. The van der Waals surface area contributed by atoms with Crippen LogP contribution in [0.2, 0.25) is 0 Å². The maximum Gasteiger partial charge on any atom is 0.257 e. The van der Waals surface area contributed by atoms with Crippen LogP contribution in [0.3, 0.4) is 0 Å². The number of benzene rings is 1. The zero-order valence-corrected chi connectivity index (χ0v) is 13.3. The molecule has 1 fully saturated rings. The van der Waals surface area contributed by atoms with Gasteiger partial charge in [-0.05, 0) is 37.5 Å². The Morgan fingerprint density at radius 3 is 3.04 bits per heavy atom. The predicted molar refractivity (Wildman–Crippen MR) is 81.1 cm³/mol. The molecule has 2 heterocycles. The fourth-order valence-electron chi connectivity index (χ4n) is 2.92. The monoisotopic (exact) mass is 336 g/mol. The molecule has 1 aromatic heterocycles. The number of halogens is 2. The molecular formula is C16H18F2N4O2. The van der Waals surface area contributed by atoms with Crippen LogP contribution in [-0.4, -0.2) is 39.6 Å². The number of ether oxygens (including phenoxy) is 1. The second-order valence-electron chi connectivity index (χ2n) is 5.71.